The molecule has 1 aliphatic carbocycles. The highest BCUT2D eigenvalue weighted by atomic mass is 16.1. The van der Waals surface area contributed by atoms with Gasteiger partial charge in [0.25, 0.3) is 0 Å². The van der Waals surface area contributed by atoms with E-state index in [0.29, 0.717) is 6.54 Å². The molecular weight excluding hydrogens is 156 g/mol. The summed E-state index contributed by atoms with van der Waals surface area (Å²) in [5.74, 6) is 0.243. The monoisotopic (exact) mass is 166 g/mol. The van der Waals surface area contributed by atoms with Crippen LogP contribution >= 0.6 is 0 Å². The van der Waals surface area contributed by atoms with E-state index in [2.05, 4.69) is 9.98 Å². The quantitative estimate of drug-likeness (QED) is 0.460. The van der Waals surface area contributed by atoms with Gasteiger partial charge in [-0.05, 0) is 12.8 Å². The van der Waals surface area contributed by atoms with Gasteiger partial charge in [0, 0.05) is 5.92 Å². The van der Waals surface area contributed by atoms with Crippen molar-refractivity contribution in [2.45, 2.75) is 25.3 Å². The second-order valence-electron chi connectivity index (χ2n) is 2.91. The lowest BCUT2D eigenvalue weighted by molar-refractivity contribution is 0.483. The number of nitrogens with zero attached hydrogens (tertiary/aromatic N) is 2. The van der Waals surface area contributed by atoms with Crippen molar-refractivity contribution in [1.29, 1.82) is 0 Å². The zero-order chi connectivity index (χ0) is 8.81. The standard InChI is InChI=1S/C8H10N2O2/c11-5-9-4-7-2-1-3-8(7)10-6-12/h7-8H,1-4H2. The lowest BCUT2D eigenvalue weighted by Gasteiger charge is -2.09. The van der Waals surface area contributed by atoms with E-state index in [4.69, 9.17) is 0 Å². The zero-order valence-electron chi connectivity index (χ0n) is 6.69. The number of hydrogen-bond acceptors (Lipinski definition) is 4. The summed E-state index contributed by atoms with van der Waals surface area (Å²) in [4.78, 5) is 27.0. The Bertz CT molecular complexity index is 239. The third kappa shape index (κ3) is 2.12. The highest BCUT2D eigenvalue weighted by molar-refractivity contribution is 5.34. The van der Waals surface area contributed by atoms with Gasteiger partial charge in [0.15, 0.2) is 0 Å². The molecule has 0 spiro atoms. The Balaban J connectivity index is 2.50. The smallest absolute Gasteiger partial charge is 0.211 e. The summed E-state index contributed by atoms with van der Waals surface area (Å²) in [5, 5.41) is 0. The molecule has 1 rings (SSSR count). The average molecular weight is 166 g/mol. The third-order valence-electron chi connectivity index (χ3n) is 2.23. The molecule has 4 nitrogen and oxygen atoms in total. The Morgan fingerprint density at radius 3 is 2.75 bits per heavy atom. The first kappa shape index (κ1) is 8.85. The van der Waals surface area contributed by atoms with Gasteiger partial charge in [0.1, 0.15) is 0 Å². The highest BCUT2D eigenvalue weighted by Gasteiger charge is 2.26. The molecule has 2 atom stereocenters. The minimum atomic E-state index is 0.0274. The lowest BCUT2D eigenvalue weighted by Crippen LogP contribution is -2.14. The van der Waals surface area contributed by atoms with E-state index in [-0.39, 0.29) is 12.0 Å². The van der Waals surface area contributed by atoms with Crippen LogP contribution in [0, 0.1) is 5.92 Å². The molecule has 0 saturated heterocycles. The molecule has 12 heavy (non-hydrogen) atoms. The largest absolute Gasteiger partial charge is 0.235 e. The molecular formula is C8H10N2O2. The van der Waals surface area contributed by atoms with Crippen molar-refractivity contribution in [2.24, 2.45) is 15.9 Å². The van der Waals surface area contributed by atoms with Crippen LogP contribution in [0.3, 0.4) is 0 Å². The Morgan fingerprint density at radius 1 is 1.25 bits per heavy atom. The molecule has 0 amide bonds. The van der Waals surface area contributed by atoms with Crippen LogP contribution in [0.4, 0.5) is 0 Å². The summed E-state index contributed by atoms with van der Waals surface area (Å²) in [7, 11) is 0. The fourth-order valence-corrected chi connectivity index (χ4v) is 1.62. The minimum Gasteiger partial charge on any atom is -0.211 e. The maximum atomic E-state index is 9.98. The van der Waals surface area contributed by atoms with Crippen LogP contribution in [0.2, 0.25) is 0 Å². The lowest BCUT2D eigenvalue weighted by atomic mass is 10.1. The van der Waals surface area contributed by atoms with Gasteiger partial charge in [-0.15, -0.1) is 0 Å². The molecule has 1 saturated carbocycles. The third-order valence-corrected chi connectivity index (χ3v) is 2.23. The molecule has 4 heteroatoms. The predicted molar refractivity (Wildman–Crippen MR) is 42.2 cm³/mol. The minimum absolute atomic E-state index is 0.0274. The summed E-state index contributed by atoms with van der Waals surface area (Å²) in [6.07, 6.45) is 5.99. The van der Waals surface area contributed by atoms with Crippen LogP contribution in [0.1, 0.15) is 19.3 Å². The van der Waals surface area contributed by atoms with Gasteiger partial charge in [-0.3, -0.25) is 0 Å². The second kappa shape index (κ2) is 4.60. The summed E-state index contributed by atoms with van der Waals surface area (Å²) in [6, 6.07) is 0.0274. The maximum Gasteiger partial charge on any atom is 0.235 e. The maximum absolute atomic E-state index is 9.98. The summed E-state index contributed by atoms with van der Waals surface area (Å²) >= 11 is 0. The van der Waals surface area contributed by atoms with E-state index in [0.717, 1.165) is 19.3 Å². The summed E-state index contributed by atoms with van der Waals surface area (Å²) in [6.45, 7) is 0.444. The molecule has 0 radical (unpaired) electrons. The van der Waals surface area contributed by atoms with Gasteiger partial charge in [-0.2, -0.15) is 0 Å². The van der Waals surface area contributed by atoms with Crippen molar-refractivity contribution in [3.05, 3.63) is 0 Å². The summed E-state index contributed by atoms with van der Waals surface area (Å²) < 4.78 is 0. The van der Waals surface area contributed by atoms with E-state index >= 15 is 0 Å². The molecule has 0 aromatic heterocycles. The first-order valence-electron chi connectivity index (χ1n) is 3.99. The van der Waals surface area contributed by atoms with Gasteiger partial charge in [0.05, 0.1) is 12.6 Å². The fraction of sp³-hybridized carbons (Fsp3) is 0.750. The van der Waals surface area contributed by atoms with E-state index in [9.17, 15) is 9.59 Å². The zero-order valence-corrected chi connectivity index (χ0v) is 6.69. The SMILES string of the molecule is O=C=NCC1CCCC1N=C=O. The number of rotatable bonds is 3. The molecule has 1 fully saturated rings. The molecule has 1 aliphatic rings. The van der Waals surface area contributed by atoms with Crippen LogP contribution in [-0.4, -0.2) is 24.7 Å². The number of carbonyl (C=O) groups excluding carboxylic acids is 2. The molecule has 2 unspecified atom stereocenters. The summed E-state index contributed by atoms with van der Waals surface area (Å²) in [5.41, 5.74) is 0. The van der Waals surface area contributed by atoms with Gasteiger partial charge in [-0.25, -0.2) is 19.6 Å². The van der Waals surface area contributed by atoms with Crippen molar-refractivity contribution in [3.8, 4) is 0 Å². The first-order valence-corrected chi connectivity index (χ1v) is 3.99. The first-order chi connectivity index (χ1) is 5.88. The average Bonchev–Trinajstić information content (AvgIpc) is 2.50. The van der Waals surface area contributed by atoms with Crippen molar-refractivity contribution in [3.63, 3.8) is 0 Å². The molecule has 0 aromatic carbocycles. The van der Waals surface area contributed by atoms with Gasteiger partial charge >= 0.3 is 0 Å². The Morgan fingerprint density at radius 2 is 2.08 bits per heavy atom. The van der Waals surface area contributed by atoms with E-state index in [1.165, 1.54) is 6.08 Å². The van der Waals surface area contributed by atoms with Crippen LogP contribution in [0.15, 0.2) is 9.98 Å². The molecule has 0 aromatic rings. The number of hydrogen-bond donors (Lipinski definition) is 0. The number of aliphatic imine (C=N–C) groups is 2. The van der Waals surface area contributed by atoms with Crippen LogP contribution in [0.5, 0.6) is 0 Å². The Hall–Kier alpha value is -1.24. The van der Waals surface area contributed by atoms with Crippen molar-refractivity contribution in [2.75, 3.05) is 6.54 Å². The van der Waals surface area contributed by atoms with Crippen molar-refractivity contribution >= 4 is 12.2 Å². The van der Waals surface area contributed by atoms with E-state index in [1.54, 1.807) is 6.08 Å². The van der Waals surface area contributed by atoms with Crippen LogP contribution in [0.25, 0.3) is 0 Å². The molecule has 0 aliphatic heterocycles. The van der Waals surface area contributed by atoms with Crippen LogP contribution < -0.4 is 0 Å². The van der Waals surface area contributed by atoms with Crippen molar-refractivity contribution in [1.82, 2.24) is 0 Å². The topological polar surface area (TPSA) is 58.9 Å². The fourth-order valence-electron chi connectivity index (χ4n) is 1.62. The second-order valence-corrected chi connectivity index (χ2v) is 2.91. The Kier molecular flexibility index (Phi) is 3.39. The molecule has 0 N–H and O–H groups in total. The normalized spacial score (nSPS) is 27.3. The highest BCUT2D eigenvalue weighted by Crippen LogP contribution is 2.27. The van der Waals surface area contributed by atoms with Crippen LogP contribution in [-0.2, 0) is 9.59 Å². The van der Waals surface area contributed by atoms with E-state index < -0.39 is 0 Å². The van der Waals surface area contributed by atoms with Gasteiger partial charge in [-0.1, -0.05) is 6.42 Å². The van der Waals surface area contributed by atoms with Crippen molar-refractivity contribution < 1.29 is 9.59 Å². The van der Waals surface area contributed by atoms with Gasteiger partial charge < -0.3 is 0 Å². The molecule has 64 valence electrons. The predicted octanol–water partition coefficient (Wildman–Crippen LogP) is 0.827. The van der Waals surface area contributed by atoms with Gasteiger partial charge in [0.2, 0.25) is 12.2 Å². The Labute approximate surface area is 70.4 Å². The number of isocyanates is 2. The van der Waals surface area contributed by atoms with E-state index in [1.807, 2.05) is 0 Å². The molecule has 0 heterocycles. The molecule has 0 bridgehead atoms.